The molecule has 32 heavy (non-hydrogen) atoms. The number of anilines is 1. The highest BCUT2D eigenvalue weighted by Crippen LogP contribution is 2.41. The predicted molar refractivity (Wildman–Crippen MR) is 128 cm³/mol. The number of thioether (sulfide) groups is 1. The van der Waals surface area contributed by atoms with E-state index in [0.29, 0.717) is 16.7 Å². The maximum atomic E-state index is 6.48. The quantitative estimate of drug-likeness (QED) is 0.285. The smallest absolute Gasteiger partial charge is 0.247 e. The number of hydrogen-bond donors (Lipinski definition) is 1. The molecule has 0 fully saturated rings. The van der Waals surface area contributed by atoms with Crippen LogP contribution in [0.15, 0.2) is 65.8 Å². The largest absolute Gasteiger partial charge is 0.496 e. The third kappa shape index (κ3) is 3.84. The van der Waals surface area contributed by atoms with Crippen LogP contribution in [-0.2, 0) is 0 Å². The second kappa shape index (κ2) is 9.04. The Hall–Kier alpha value is -3.32. The summed E-state index contributed by atoms with van der Waals surface area (Å²) in [6.07, 6.45) is 1.79. The van der Waals surface area contributed by atoms with E-state index >= 15 is 0 Å². The number of para-hydroxylation sites is 1. The SMILES string of the molecule is CCCCSc1nnc2c(n1)OC(c1ccc(OC)c3ccccc13)Nc1ccccc1-2. The van der Waals surface area contributed by atoms with E-state index in [1.165, 1.54) is 0 Å². The topological polar surface area (TPSA) is 69.2 Å². The molecule has 1 unspecified atom stereocenters. The van der Waals surface area contributed by atoms with Crippen molar-refractivity contribution < 1.29 is 9.47 Å². The maximum absolute atomic E-state index is 6.48. The molecular weight excluding hydrogens is 420 g/mol. The molecule has 4 aromatic rings. The number of aromatic nitrogens is 3. The molecule has 7 heteroatoms. The molecule has 2 heterocycles. The molecular formula is C25H24N4O2S. The van der Waals surface area contributed by atoms with Gasteiger partial charge in [0.05, 0.1) is 7.11 Å². The fourth-order valence-corrected chi connectivity index (χ4v) is 4.72. The van der Waals surface area contributed by atoms with E-state index in [0.717, 1.165) is 51.9 Å². The van der Waals surface area contributed by atoms with Crippen molar-refractivity contribution in [2.24, 2.45) is 0 Å². The summed E-state index contributed by atoms with van der Waals surface area (Å²) >= 11 is 1.61. The summed E-state index contributed by atoms with van der Waals surface area (Å²) in [7, 11) is 1.69. The van der Waals surface area contributed by atoms with Crippen molar-refractivity contribution in [1.29, 1.82) is 0 Å². The van der Waals surface area contributed by atoms with Gasteiger partial charge < -0.3 is 14.8 Å². The number of benzene rings is 3. The summed E-state index contributed by atoms with van der Waals surface area (Å²) in [5, 5.41) is 15.1. The molecule has 5 rings (SSSR count). The van der Waals surface area contributed by atoms with Gasteiger partial charge in [-0.05, 0) is 30.0 Å². The zero-order chi connectivity index (χ0) is 21.9. The van der Waals surface area contributed by atoms with Gasteiger partial charge in [-0.2, -0.15) is 4.98 Å². The minimum atomic E-state index is -0.446. The molecule has 0 spiro atoms. The lowest BCUT2D eigenvalue weighted by Gasteiger charge is -2.21. The van der Waals surface area contributed by atoms with Crippen LogP contribution in [0, 0.1) is 0 Å². The molecule has 1 aliphatic rings. The Bertz CT molecular complexity index is 1260. The van der Waals surface area contributed by atoms with E-state index in [4.69, 9.17) is 14.5 Å². The minimum absolute atomic E-state index is 0.446. The van der Waals surface area contributed by atoms with Crippen LogP contribution >= 0.6 is 11.8 Å². The van der Waals surface area contributed by atoms with Crippen LogP contribution in [0.5, 0.6) is 11.6 Å². The Morgan fingerprint density at radius 1 is 1.00 bits per heavy atom. The predicted octanol–water partition coefficient (Wildman–Crippen LogP) is 6.10. The Kier molecular flexibility index (Phi) is 5.81. The highest BCUT2D eigenvalue weighted by atomic mass is 32.2. The first-order valence-corrected chi connectivity index (χ1v) is 11.7. The molecule has 0 amide bonds. The van der Waals surface area contributed by atoms with Gasteiger partial charge in [0.25, 0.3) is 0 Å². The van der Waals surface area contributed by atoms with Gasteiger partial charge in [0.15, 0.2) is 11.9 Å². The number of nitrogens with one attached hydrogen (secondary N) is 1. The fourth-order valence-electron chi connectivity index (χ4n) is 3.86. The van der Waals surface area contributed by atoms with E-state index in [9.17, 15) is 0 Å². The van der Waals surface area contributed by atoms with Crippen LogP contribution < -0.4 is 14.8 Å². The van der Waals surface area contributed by atoms with Crippen molar-refractivity contribution in [3.05, 3.63) is 66.2 Å². The third-order valence-corrected chi connectivity index (χ3v) is 6.41. The summed E-state index contributed by atoms with van der Waals surface area (Å²) in [4.78, 5) is 4.74. The number of hydrogen-bond acceptors (Lipinski definition) is 7. The lowest BCUT2D eigenvalue weighted by atomic mass is 10.0. The molecule has 0 saturated heterocycles. The second-order valence-corrected chi connectivity index (χ2v) is 8.60. The van der Waals surface area contributed by atoms with E-state index < -0.39 is 6.23 Å². The summed E-state index contributed by atoms with van der Waals surface area (Å²) < 4.78 is 12.1. The molecule has 162 valence electrons. The molecule has 3 aromatic carbocycles. The number of methoxy groups -OCH3 is 1. The van der Waals surface area contributed by atoms with Crippen LogP contribution in [0.2, 0.25) is 0 Å². The van der Waals surface area contributed by atoms with Gasteiger partial charge in [-0.25, -0.2) is 0 Å². The van der Waals surface area contributed by atoms with Gasteiger partial charge in [0.2, 0.25) is 11.0 Å². The van der Waals surface area contributed by atoms with E-state index in [-0.39, 0.29) is 0 Å². The highest BCUT2D eigenvalue weighted by Gasteiger charge is 2.27. The van der Waals surface area contributed by atoms with Crippen molar-refractivity contribution in [2.75, 3.05) is 18.2 Å². The van der Waals surface area contributed by atoms with Gasteiger partial charge in [-0.15, -0.1) is 10.2 Å². The average Bonchev–Trinajstić information content (AvgIpc) is 3.00. The third-order valence-electron chi connectivity index (χ3n) is 5.48. The van der Waals surface area contributed by atoms with Gasteiger partial charge >= 0.3 is 0 Å². The molecule has 0 saturated carbocycles. The maximum Gasteiger partial charge on any atom is 0.247 e. The van der Waals surface area contributed by atoms with Crippen LogP contribution in [0.1, 0.15) is 31.6 Å². The van der Waals surface area contributed by atoms with Crippen LogP contribution in [0.3, 0.4) is 0 Å². The van der Waals surface area contributed by atoms with Gasteiger partial charge in [0.1, 0.15) is 5.75 Å². The summed E-state index contributed by atoms with van der Waals surface area (Å²) in [5.74, 6) is 2.27. The molecule has 1 aromatic heterocycles. The summed E-state index contributed by atoms with van der Waals surface area (Å²) in [5.41, 5.74) is 3.50. The average molecular weight is 445 g/mol. The zero-order valence-electron chi connectivity index (χ0n) is 18.0. The minimum Gasteiger partial charge on any atom is -0.496 e. The van der Waals surface area contributed by atoms with Crippen molar-refractivity contribution >= 4 is 28.2 Å². The first kappa shape index (κ1) is 20.6. The monoisotopic (exact) mass is 444 g/mol. The second-order valence-electron chi connectivity index (χ2n) is 7.54. The van der Waals surface area contributed by atoms with E-state index in [1.54, 1.807) is 18.9 Å². The summed E-state index contributed by atoms with van der Waals surface area (Å²) in [6, 6.07) is 20.2. The van der Waals surface area contributed by atoms with Crippen LogP contribution in [0.4, 0.5) is 5.69 Å². The molecule has 6 nitrogen and oxygen atoms in total. The van der Waals surface area contributed by atoms with Crippen LogP contribution in [-0.4, -0.2) is 28.0 Å². The Balaban J connectivity index is 1.61. The Labute approximate surface area is 191 Å². The number of unbranched alkanes of at least 4 members (excludes halogenated alkanes) is 1. The molecule has 1 N–H and O–H groups in total. The summed E-state index contributed by atoms with van der Waals surface area (Å²) in [6.45, 7) is 2.17. The van der Waals surface area contributed by atoms with Crippen LogP contribution in [0.25, 0.3) is 22.0 Å². The highest BCUT2D eigenvalue weighted by molar-refractivity contribution is 7.99. The van der Waals surface area contributed by atoms with Crippen molar-refractivity contribution in [2.45, 2.75) is 31.1 Å². The number of fused-ring (bicyclic) bond motifs is 4. The lowest BCUT2D eigenvalue weighted by Crippen LogP contribution is -2.17. The number of nitrogens with zero attached hydrogens (tertiary/aromatic N) is 3. The lowest BCUT2D eigenvalue weighted by molar-refractivity contribution is 0.226. The van der Waals surface area contributed by atoms with Gasteiger partial charge in [-0.3, -0.25) is 0 Å². The standard InChI is InChI=1S/C25H24N4O2S/c1-3-4-15-32-25-27-24-22(28-29-25)19-11-7-8-12-20(19)26-23(31-24)18-13-14-21(30-2)17-10-6-5-9-16(17)18/h5-14,23,26H,3-4,15H2,1-2H3. The fraction of sp³-hybridized carbons (Fsp3) is 0.240. The van der Waals surface area contributed by atoms with Gasteiger partial charge in [-0.1, -0.05) is 67.6 Å². The normalized spacial score (nSPS) is 14.6. The molecule has 0 bridgehead atoms. The molecule has 0 radical (unpaired) electrons. The Morgan fingerprint density at radius 2 is 1.81 bits per heavy atom. The Morgan fingerprint density at radius 3 is 2.66 bits per heavy atom. The van der Waals surface area contributed by atoms with E-state index in [2.05, 4.69) is 34.6 Å². The van der Waals surface area contributed by atoms with Crippen molar-refractivity contribution in [1.82, 2.24) is 15.2 Å². The van der Waals surface area contributed by atoms with Crippen molar-refractivity contribution in [3.63, 3.8) is 0 Å². The molecule has 1 atom stereocenters. The zero-order valence-corrected chi connectivity index (χ0v) is 18.9. The molecule has 0 aliphatic carbocycles. The molecule has 1 aliphatic heterocycles. The first-order valence-electron chi connectivity index (χ1n) is 10.7. The number of ether oxygens (including phenoxy) is 2. The van der Waals surface area contributed by atoms with Crippen molar-refractivity contribution in [3.8, 4) is 22.9 Å². The first-order chi connectivity index (χ1) is 15.8. The number of rotatable bonds is 6. The van der Waals surface area contributed by atoms with E-state index in [1.807, 2.05) is 48.5 Å². The van der Waals surface area contributed by atoms with Gasteiger partial charge in [0, 0.05) is 28.0 Å².